The standard InChI is InChI=1S/C19H32N4O2S/c1-15-12-18(21(3)20-15)26(24)23-8-6-19(7-9-23)5-4-17(13-19)22-10-11-25-16(2)14-22/h12,16-17H,4-11,13-14H2,1-3H3/t16-,17?,26?/m1/s1. The molecule has 7 heteroatoms. The Hall–Kier alpha value is -0.600. The first-order chi connectivity index (χ1) is 12.5. The van der Waals surface area contributed by atoms with E-state index in [0.717, 1.165) is 49.5 Å². The molecule has 1 aromatic heterocycles. The highest BCUT2D eigenvalue weighted by molar-refractivity contribution is 7.89. The number of piperidine rings is 1. The van der Waals surface area contributed by atoms with Crippen molar-refractivity contribution in [1.29, 1.82) is 0 Å². The van der Waals surface area contributed by atoms with Gasteiger partial charge in [0.1, 0.15) is 11.4 Å². The fourth-order valence-corrected chi connectivity index (χ4v) is 6.45. The van der Waals surface area contributed by atoms with Crippen LogP contribution in [-0.4, -0.2) is 68.5 Å². The van der Waals surface area contributed by atoms with E-state index in [1.54, 1.807) is 4.68 Å². The van der Waals surface area contributed by atoms with Crippen LogP contribution >= 0.6 is 0 Å². The molecule has 1 aromatic rings. The molecule has 1 saturated carbocycles. The number of hydrogen-bond donors (Lipinski definition) is 0. The highest BCUT2D eigenvalue weighted by atomic mass is 32.2. The second-order valence-corrected chi connectivity index (χ2v) is 9.93. The summed E-state index contributed by atoms with van der Waals surface area (Å²) >= 11 is -1.09. The molecule has 0 radical (unpaired) electrons. The van der Waals surface area contributed by atoms with E-state index in [1.807, 2.05) is 20.0 Å². The monoisotopic (exact) mass is 380 g/mol. The molecule has 0 bridgehead atoms. The molecule has 3 atom stereocenters. The summed E-state index contributed by atoms with van der Waals surface area (Å²) in [7, 11) is 1.89. The first kappa shape index (κ1) is 18.7. The zero-order chi connectivity index (χ0) is 18.3. The molecule has 146 valence electrons. The van der Waals surface area contributed by atoms with E-state index in [4.69, 9.17) is 4.74 Å². The van der Waals surface area contributed by atoms with Crippen LogP contribution in [0.15, 0.2) is 11.1 Å². The van der Waals surface area contributed by atoms with Gasteiger partial charge in [-0.3, -0.25) is 4.90 Å². The van der Waals surface area contributed by atoms with Gasteiger partial charge in [-0.2, -0.15) is 5.10 Å². The van der Waals surface area contributed by atoms with Gasteiger partial charge in [0, 0.05) is 45.3 Å². The molecule has 4 rings (SSSR count). The van der Waals surface area contributed by atoms with Crippen LogP contribution in [0.3, 0.4) is 0 Å². The molecule has 3 heterocycles. The smallest absolute Gasteiger partial charge is 0.264 e. The van der Waals surface area contributed by atoms with Crippen molar-refractivity contribution in [3.63, 3.8) is 0 Å². The van der Waals surface area contributed by atoms with Crippen LogP contribution < -0.4 is 0 Å². The van der Waals surface area contributed by atoms with Crippen molar-refractivity contribution >= 4 is 11.4 Å². The van der Waals surface area contributed by atoms with Crippen LogP contribution in [0.4, 0.5) is 0 Å². The predicted molar refractivity (Wildman–Crippen MR) is 102 cm³/mol. The summed E-state index contributed by atoms with van der Waals surface area (Å²) in [5, 5.41) is 5.17. The third-order valence-corrected chi connectivity index (χ3v) is 8.20. The van der Waals surface area contributed by atoms with E-state index in [9.17, 15) is 4.55 Å². The third kappa shape index (κ3) is 3.69. The number of aryl methyl sites for hydroxylation is 2. The van der Waals surface area contributed by atoms with Crippen molar-refractivity contribution in [1.82, 2.24) is 19.0 Å². The molecule has 2 unspecified atom stereocenters. The number of rotatable bonds is 3. The predicted octanol–water partition coefficient (Wildman–Crippen LogP) is 2.11. The summed E-state index contributed by atoms with van der Waals surface area (Å²) in [5.74, 6) is 0. The van der Waals surface area contributed by atoms with Crippen molar-refractivity contribution < 1.29 is 9.29 Å². The van der Waals surface area contributed by atoms with Crippen molar-refractivity contribution in [2.75, 3.05) is 32.8 Å². The van der Waals surface area contributed by atoms with Crippen molar-refractivity contribution in [2.24, 2.45) is 12.5 Å². The Kier molecular flexibility index (Phi) is 5.36. The molecule has 0 aromatic carbocycles. The fourth-order valence-electron chi connectivity index (χ4n) is 5.13. The normalized spacial score (nSPS) is 31.5. The highest BCUT2D eigenvalue weighted by Gasteiger charge is 2.45. The molecule has 6 nitrogen and oxygen atoms in total. The number of ether oxygens (including phenoxy) is 1. The average molecular weight is 381 g/mol. The minimum absolute atomic E-state index is 0.368. The van der Waals surface area contributed by atoms with Crippen LogP contribution in [0.25, 0.3) is 0 Å². The summed E-state index contributed by atoms with van der Waals surface area (Å²) in [5.41, 5.74) is 1.40. The molecule has 1 spiro atoms. The Labute approximate surface area is 160 Å². The summed E-state index contributed by atoms with van der Waals surface area (Å²) < 4.78 is 22.6. The molecule has 3 aliphatic rings. The quantitative estimate of drug-likeness (QED) is 0.752. The van der Waals surface area contributed by atoms with Gasteiger partial charge in [0.05, 0.1) is 18.4 Å². The largest absolute Gasteiger partial charge is 0.592 e. The van der Waals surface area contributed by atoms with Gasteiger partial charge in [-0.25, -0.2) is 4.68 Å². The van der Waals surface area contributed by atoms with Crippen molar-refractivity contribution in [3.8, 4) is 0 Å². The van der Waals surface area contributed by atoms with Gasteiger partial charge < -0.3 is 9.29 Å². The summed E-state index contributed by atoms with van der Waals surface area (Å²) in [6.07, 6.45) is 6.67. The topological polar surface area (TPSA) is 56.6 Å². The van der Waals surface area contributed by atoms with Crippen LogP contribution in [0.2, 0.25) is 0 Å². The molecular formula is C19H32N4O2S. The van der Waals surface area contributed by atoms with Gasteiger partial charge in [-0.1, -0.05) is 0 Å². The van der Waals surface area contributed by atoms with Crippen molar-refractivity contribution in [2.45, 2.75) is 63.1 Å². The average Bonchev–Trinajstić information content (AvgIpc) is 3.18. The van der Waals surface area contributed by atoms with Gasteiger partial charge in [0.2, 0.25) is 0 Å². The maximum Gasteiger partial charge on any atom is 0.264 e. The molecule has 2 saturated heterocycles. The highest BCUT2D eigenvalue weighted by Crippen LogP contribution is 2.48. The first-order valence-corrected chi connectivity index (χ1v) is 11.1. The van der Waals surface area contributed by atoms with E-state index in [2.05, 4.69) is 21.2 Å². The molecule has 3 fully saturated rings. The van der Waals surface area contributed by atoms with E-state index >= 15 is 0 Å². The van der Waals surface area contributed by atoms with Crippen LogP contribution in [-0.2, 0) is 23.1 Å². The summed E-state index contributed by atoms with van der Waals surface area (Å²) in [4.78, 5) is 2.66. The maximum absolute atomic E-state index is 12.9. The molecule has 26 heavy (non-hydrogen) atoms. The van der Waals surface area contributed by atoms with Crippen LogP contribution in [0, 0.1) is 12.3 Å². The third-order valence-electron chi connectivity index (χ3n) is 6.62. The Morgan fingerprint density at radius 1 is 1.27 bits per heavy atom. The van der Waals surface area contributed by atoms with Gasteiger partial charge in [0.15, 0.2) is 0 Å². The number of morpholine rings is 1. The summed E-state index contributed by atoms with van der Waals surface area (Å²) in [6.45, 7) is 9.05. The maximum atomic E-state index is 12.9. The Balaban J connectivity index is 1.34. The number of nitrogens with zero attached hydrogens (tertiary/aromatic N) is 4. The van der Waals surface area contributed by atoms with E-state index in [0.29, 0.717) is 11.5 Å². The van der Waals surface area contributed by atoms with Gasteiger partial charge in [-0.15, -0.1) is 4.31 Å². The SMILES string of the molecule is Cc1cc([S+]([O-])N2CCC3(CCC(N4CCO[C@H](C)C4)C3)CC2)n(C)n1. The molecular weight excluding hydrogens is 348 g/mol. The lowest BCUT2D eigenvalue weighted by molar-refractivity contribution is -0.0353. The Bertz CT molecular complexity index is 629. The van der Waals surface area contributed by atoms with Crippen LogP contribution in [0.1, 0.15) is 44.7 Å². The minimum Gasteiger partial charge on any atom is -0.592 e. The lowest BCUT2D eigenvalue weighted by Gasteiger charge is -2.40. The molecule has 1 aliphatic carbocycles. The second-order valence-electron chi connectivity index (χ2n) is 8.50. The zero-order valence-electron chi connectivity index (χ0n) is 16.3. The van der Waals surface area contributed by atoms with E-state index in [1.165, 1.54) is 32.1 Å². The molecule has 0 amide bonds. The minimum atomic E-state index is -1.09. The van der Waals surface area contributed by atoms with E-state index < -0.39 is 11.4 Å². The molecule has 0 N–H and O–H groups in total. The zero-order valence-corrected chi connectivity index (χ0v) is 17.1. The Morgan fingerprint density at radius 2 is 2.04 bits per heavy atom. The van der Waals surface area contributed by atoms with Gasteiger partial charge in [0.25, 0.3) is 5.03 Å². The van der Waals surface area contributed by atoms with Crippen molar-refractivity contribution in [3.05, 3.63) is 11.8 Å². The number of aromatic nitrogens is 2. The fraction of sp³-hybridized carbons (Fsp3) is 0.842. The first-order valence-electron chi connectivity index (χ1n) is 9.99. The lowest BCUT2D eigenvalue weighted by Crippen LogP contribution is -2.47. The Morgan fingerprint density at radius 3 is 2.69 bits per heavy atom. The number of hydrogen-bond acceptors (Lipinski definition) is 5. The second kappa shape index (κ2) is 7.43. The molecule has 2 aliphatic heterocycles. The summed E-state index contributed by atoms with van der Waals surface area (Å²) in [6, 6.07) is 2.67. The van der Waals surface area contributed by atoms with Gasteiger partial charge in [-0.05, 0) is 51.4 Å². The van der Waals surface area contributed by atoms with E-state index in [-0.39, 0.29) is 0 Å². The lowest BCUT2D eigenvalue weighted by atomic mass is 9.77. The van der Waals surface area contributed by atoms with Crippen LogP contribution in [0.5, 0.6) is 0 Å². The van der Waals surface area contributed by atoms with Gasteiger partial charge >= 0.3 is 0 Å².